The molecule has 0 saturated carbocycles. The van der Waals surface area contributed by atoms with Crippen LogP contribution in [0.25, 0.3) is 0 Å². The molecule has 0 aliphatic rings. The van der Waals surface area contributed by atoms with Crippen molar-refractivity contribution in [2.24, 2.45) is 5.84 Å². The molecule has 2 aromatic rings. The number of hydrogen-bond acceptors (Lipinski definition) is 6. The van der Waals surface area contributed by atoms with Crippen molar-refractivity contribution in [3.63, 3.8) is 0 Å². The Balaban J connectivity index is 2.55. The van der Waals surface area contributed by atoms with Gasteiger partial charge in [-0.3, -0.25) is 10.4 Å². The number of hydrazine groups is 1. The zero-order chi connectivity index (χ0) is 16.4. The van der Waals surface area contributed by atoms with Crippen LogP contribution in [0.3, 0.4) is 0 Å². The van der Waals surface area contributed by atoms with Crippen LogP contribution in [0.2, 0.25) is 0 Å². The summed E-state index contributed by atoms with van der Waals surface area (Å²) in [4.78, 5) is 0.894. The van der Waals surface area contributed by atoms with Gasteiger partial charge in [-0.25, -0.2) is 8.42 Å². The predicted octanol–water partition coefficient (Wildman–Crippen LogP) is 0.878. The van der Waals surface area contributed by atoms with E-state index < -0.39 is 25.0 Å². The summed E-state index contributed by atoms with van der Waals surface area (Å²) < 4.78 is 60.7. The van der Waals surface area contributed by atoms with Crippen molar-refractivity contribution in [2.75, 3.05) is 0 Å². The standard InChI is InChI=1S/C12H12N2O6S2/c13-14-21(15,16)11-7-3-1-5-9(11)20-10-6-2-4-8-12(10)22(17,18)19/h1-8,14H,13H2,(H,17,18,19). The van der Waals surface area contributed by atoms with Gasteiger partial charge in [-0.2, -0.15) is 8.42 Å². The molecule has 0 atom stereocenters. The normalized spacial score (nSPS) is 12.1. The number of para-hydroxylation sites is 2. The molecule has 4 N–H and O–H groups in total. The third kappa shape index (κ3) is 3.43. The molecule has 0 aliphatic heterocycles. The lowest BCUT2D eigenvalue weighted by atomic mass is 10.3. The Labute approximate surface area is 127 Å². The summed E-state index contributed by atoms with van der Waals surface area (Å²) in [5, 5.41) is 0. The fourth-order valence-corrected chi connectivity index (χ4v) is 3.06. The first-order valence-electron chi connectivity index (χ1n) is 5.81. The summed E-state index contributed by atoms with van der Waals surface area (Å²) in [7, 11) is -8.53. The van der Waals surface area contributed by atoms with E-state index in [1.165, 1.54) is 42.5 Å². The van der Waals surface area contributed by atoms with Crippen molar-refractivity contribution in [1.29, 1.82) is 0 Å². The van der Waals surface area contributed by atoms with Crippen molar-refractivity contribution in [3.05, 3.63) is 48.5 Å². The van der Waals surface area contributed by atoms with E-state index in [1.807, 2.05) is 0 Å². The van der Waals surface area contributed by atoms with Crippen molar-refractivity contribution < 1.29 is 26.1 Å². The molecule has 0 aromatic heterocycles. The first-order chi connectivity index (χ1) is 10.3. The van der Waals surface area contributed by atoms with Crippen molar-refractivity contribution >= 4 is 20.1 Å². The van der Waals surface area contributed by atoms with E-state index in [1.54, 1.807) is 4.83 Å². The maximum Gasteiger partial charge on any atom is 0.298 e. The molecule has 0 amide bonds. The molecule has 0 heterocycles. The van der Waals surface area contributed by atoms with Crippen LogP contribution in [0.4, 0.5) is 0 Å². The van der Waals surface area contributed by atoms with Gasteiger partial charge in [0.1, 0.15) is 21.3 Å². The molecule has 10 heteroatoms. The molecule has 118 valence electrons. The summed E-state index contributed by atoms with van der Waals surface area (Å²) in [5.41, 5.74) is 0. The Morgan fingerprint density at radius 2 is 1.32 bits per heavy atom. The van der Waals surface area contributed by atoms with Gasteiger partial charge in [-0.05, 0) is 24.3 Å². The van der Waals surface area contributed by atoms with E-state index in [4.69, 9.17) is 15.1 Å². The first kappa shape index (κ1) is 16.4. The van der Waals surface area contributed by atoms with Crippen molar-refractivity contribution in [2.45, 2.75) is 9.79 Å². The second-order valence-electron chi connectivity index (χ2n) is 4.09. The van der Waals surface area contributed by atoms with Crippen LogP contribution in [0.1, 0.15) is 0 Å². The van der Waals surface area contributed by atoms with Gasteiger partial charge in [0, 0.05) is 0 Å². The Hall–Kier alpha value is -1.98. The highest BCUT2D eigenvalue weighted by Crippen LogP contribution is 2.32. The lowest BCUT2D eigenvalue weighted by Crippen LogP contribution is -2.30. The molecule has 0 spiro atoms. The van der Waals surface area contributed by atoms with Crippen LogP contribution in [-0.4, -0.2) is 21.4 Å². The third-order valence-corrected chi connectivity index (χ3v) is 4.76. The van der Waals surface area contributed by atoms with E-state index in [0.717, 1.165) is 6.07 Å². The number of hydrogen-bond donors (Lipinski definition) is 3. The van der Waals surface area contributed by atoms with Gasteiger partial charge in [-0.15, -0.1) is 4.83 Å². The number of nitrogens with one attached hydrogen (secondary N) is 1. The van der Waals surface area contributed by atoms with Crippen LogP contribution in [-0.2, 0) is 20.1 Å². The van der Waals surface area contributed by atoms with E-state index in [0.29, 0.717) is 0 Å². The largest absolute Gasteiger partial charge is 0.454 e. The molecule has 0 fully saturated rings. The Morgan fingerprint density at radius 1 is 0.864 bits per heavy atom. The van der Waals surface area contributed by atoms with Crippen LogP contribution in [0, 0.1) is 0 Å². The minimum absolute atomic E-state index is 0.142. The molecule has 0 aliphatic carbocycles. The summed E-state index contributed by atoms with van der Waals surface area (Å²) in [6, 6.07) is 10.8. The smallest absolute Gasteiger partial charge is 0.298 e. The van der Waals surface area contributed by atoms with Gasteiger partial charge in [0.05, 0.1) is 0 Å². The maximum absolute atomic E-state index is 11.8. The molecule has 2 aromatic carbocycles. The second kappa shape index (κ2) is 6.02. The molecule has 2 rings (SSSR count). The molecule has 0 saturated heterocycles. The number of ether oxygens (including phenoxy) is 1. The van der Waals surface area contributed by atoms with Gasteiger partial charge < -0.3 is 4.74 Å². The summed E-state index contributed by atoms with van der Waals surface area (Å²) >= 11 is 0. The lowest BCUT2D eigenvalue weighted by Gasteiger charge is -2.12. The van der Waals surface area contributed by atoms with E-state index in [-0.39, 0.29) is 16.4 Å². The van der Waals surface area contributed by atoms with Gasteiger partial charge in [0.15, 0.2) is 0 Å². The lowest BCUT2D eigenvalue weighted by molar-refractivity contribution is 0.441. The fraction of sp³-hybridized carbons (Fsp3) is 0. The average Bonchev–Trinajstić information content (AvgIpc) is 2.47. The third-order valence-electron chi connectivity index (χ3n) is 2.64. The number of nitrogens with two attached hydrogens (primary N) is 1. The Bertz CT molecular complexity index is 893. The monoisotopic (exact) mass is 344 g/mol. The number of rotatable bonds is 5. The zero-order valence-corrected chi connectivity index (χ0v) is 12.6. The molecule has 0 bridgehead atoms. The minimum Gasteiger partial charge on any atom is -0.454 e. The minimum atomic E-state index is -4.52. The zero-order valence-electron chi connectivity index (χ0n) is 11.0. The molecule has 0 radical (unpaired) electrons. The van der Waals surface area contributed by atoms with Crippen molar-refractivity contribution in [3.8, 4) is 11.5 Å². The molecule has 22 heavy (non-hydrogen) atoms. The molecular formula is C12H12N2O6S2. The van der Waals surface area contributed by atoms with E-state index >= 15 is 0 Å². The van der Waals surface area contributed by atoms with E-state index in [9.17, 15) is 16.8 Å². The molecular weight excluding hydrogens is 332 g/mol. The topological polar surface area (TPSA) is 136 Å². The van der Waals surface area contributed by atoms with Crippen LogP contribution in [0.15, 0.2) is 58.3 Å². The summed E-state index contributed by atoms with van der Waals surface area (Å²) in [6.07, 6.45) is 0. The highest BCUT2D eigenvalue weighted by atomic mass is 32.2. The Kier molecular flexibility index (Phi) is 4.49. The first-order valence-corrected chi connectivity index (χ1v) is 8.74. The molecule has 0 unspecified atom stereocenters. The highest BCUT2D eigenvalue weighted by Gasteiger charge is 2.21. The summed E-state index contributed by atoms with van der Waals surface area (Å²) in [5.74, 6) is 4.61. The Morgan fingerprint density at radius 3 is 1.82 bits per heavy atom. The van der Waals surface area contributed by atoms with Crippen LogP contribution >= 0.6 is 0 Å². The highest BCUT2D eigenvalue weighted by molar-refractivity contribution is 7.89. The van der Waals surface area contributed by atoms with Crippen LogP contribution in [0.5, 0.6) is 11.5 Å². The molecule has 8 nitrogen and oxygen atoms in total. The van der Waals surface area contributed by atoms with Crippen molar-refractivity contribution in [1.82, 2.24) is 4.83 Å². The fourth-order valence-electron chi connectivity index (χ4n) is 1.69. The van der Waals surface area contributed by atoms with Crippen LogP contribution < -0.4 is 15.4 Å². The quantitative estimate of drug-likeness (QED) is 0.416. The number of sulfonamides is 1. The van der Waals surface area contributed by atoms with Gasteiger partial charge >= 0.3 is 0 Å². The maximum atomic E-state index is 11.8. The van der Waals surface area contributed by atoms with Gasteiger partial charge in [0.2, 0.25) is 0 Å². The van der Waals surface area contributed by atoms with Gasteiger partial charge in [-0.1, -0.05) is 24.3 Å². The second-order valence-corrected chi connectivity index (χ2v) is 7.16. The van der Waals surface area contributed by atoms with Gasteiger partial charge in [0.25, 0.3) is 20.1 Å². The van der Waals surface area contributed by atoms with E-state index in [2.05, 4.69) is 0 Å². The predicted molar refractivity (Wildman–Crippen MR) is 77.3 cm³/mol. The number of benzene rings is 2. The summed E-state index contributed by atoms with van der Waals surface area (Å²) in [6.45, 7) is 0. The average molecular weight is 344 g/mol. The SMILES string of the molecule is NNS(=O)(=O)c1ccccc1Oc1ccccc1S(=O)(=O)O.